The van der Waals surface area contributed by atoms with Gasteiger partial charge in [0.1, 0.15) is 0 Å². The van der Waals surface area contributed by atoms with E-state index in [1.54, 1.807) is 0 Å². The van der Waals surface area contributed by atoms with Crippen LogP contribution >= 0.6 is 0 Å². The molecule has 0 fully saturated rings. The first-order chi connectivity index (χ1) is 7.45. The second-order valence-electron chi connectivity index (χ2n) is 3.71. The van der Waals surface area contributed by atoms with E-state index in [0.29, 0.717) is 12.1 Å². The second-order valence-corrected chi connectivity index (χ2v) is 3.71. The van der Waals surface area contributed by atoms with Crippen LogP contribution < -0.4 is 5.32 Å². The highest BCUT2D eigenvalue weighted by Gasteiger charge is 2.06. The van der Waals surface area contributed by atoms with E-state index in [2.05, 4.69) is 5.32 Å². The third-order valence-electron chi connectivity index (χ3n) is 1.88. The number of nitrogens with one attached hydrogen (secondary N) is 1. The molecule has 4 nitrogen and oxygen atoms in total. The fourth-order valence-electron chi connectivity index (χ4n) is 1.30. The number of carbonyl (C=O) groups excluding carboxylic acids is 1. The van der Waals surface area contributed by atoms with Gasteiger partial charge in [0.05, 0.1) is 0 Å². The van der Waals surface area contributed by atoms with Crippen molar-refractivity contribution in [3.05, 3.63) is 23.9 Å². The Kier molecular flexibility index (Phi) is 6.92. The number of hydrogen-bond acceptors (Lipinski definition) is 2. The summed E-state index contributed by atoms with van der Waals surface area (Å²) >= 11 is 0. The Morgan fingerprint density at radius 3 is 2.50 bits per heavy atom. The van der Waals surface area contributed by atoms with Crippen LogP contribution in [0.1, 0.15) is 33.6 Å². The molecule has 0 saturated carbocycles. The zero-order valence-corrected chi connectivity index (χ0v) is 9.99. The molecule has 0 aliphatic rings. The summed E-state index contributed by atoms with van der Waals surface area (Å²) in [6, 6.07) is 0. The summed E-state index contributed by atoms with van der Waals surface area (Å²) in [5.74, 6) is -1.09. The van der Waals surface area contributed by atoms with Crippen LogP contribution in [-0.4, -0.2) is 17.0 Å². The van der Waals surface area contributed by atoms with Crippen molar-refractivity contribution in [1.82, 2.24) is 5.32 Å². The lowest BCUT2D eigenvalue weighted by Gasteiger charge is -2.10. The first-order valence-corrected chi connectivity index (χ1v) is 5.33. The van der Waals surface area contributed by atoms with Crippen molar-refractivity contribution in [2.24, 2.45) is 5.92 Å². The van der Waals surface area contributed by atoms with E-state index in [1.807, 2.05) is 26.0 Å². The molecule has 1 amide bonds. The van der Waals surface area contributed by atoms with Crippen LogP contribution in [0, 0.1) is 5.92 Å². The largest absolute Gasteiger partial charge is 0.478 e. The van der Waals surface area contributed by atoms with Crippen LogP contribution in [0.4, 0.5) is 0 Å². The Morgan fingerprint density at radius 1 is 1.44 bits per heavy atom. The van der Waals surface area contributed by atoms with Crippen molar-refractivity contribution in [3.63, 3.8) is 0 Å². The average Bonchev–Trinajstić information content (AvgIpc) is 2.12. The molecule has 16 heavy (non-hydrogen) atoms. The van der Waals surface area contributed by atoms with Crippen molar-refractivity contribution in [2.45, 2.75) is 33.6 Å². The minimum atomic E-state index is -1.05. The van der Waals surface area contributed by atoms with Crippen LogP contribution in [0.15, 0.2) is 23.9 Å². The van der Waals surface area contributed by atoms with Gasteiger partial charge in [-0.2, -0.15) is 0 Å². The van der Waals surface area contributed by atoms with Gasteiger partial charge in [-0.1, -0.05) is 26.0 Å². The number of carbonyl (C=O) groups is 2. The lowest BCUT2D eigenvalue weighted by Crippen LogP contribution is -2.21. The topological polar surface area (TPSA) is 66.4 Å². The second kappa shape index (κ2) is 7.68. The number of aliphatic carboxylic acids is 1. The van der Waals surface area contributed by atoms with Crippen molar-refractivity contribution < 1.29 is 14.7 Å². The summed E-state index contributed by atoms with van der Waals surface area (Å²) in [7, 11) is 0. The summed E-state index contributed by atoms with van der Waals surface area (Å²) in [6.45, 7) is 5.37. The summed E-state index contributed by atoms with van der Waals surface area (Å²) in [6.07, 6.45) is 6.54. The molecule has 1 atom stereocenters. The molecule has 0 unspecified atom stereocenters. The van der Waals surface area contributed by atoms with E-state index in [4.69, 9.17) is 5.11 Å². The van der Waals surface area contributed by atoms with Crippen molar-refractivity contribution >= 4 is 11.9 Å². The highest BCUT2D eigenvalue weighted by atomic mass is 16.4. The van der Waals surface area contributed by atoms with Gasteiger partial charge in [-0.05, 0) is 18.8 Å². The van der Waals surface area contributed by atoms with Crippen LogP contribution in [-0.2, 0) is 9.59 Å². The van der Waals surface area contributed by atoms with Gasteiger partial charge in [-0.25, -0.2) is 4.79 Å². The fourth-order valence-corrected chi connectivity index (χ4v) is 1.30. The number of allylic oxidation sites excluding steroid dienone is 3. The van der Waals surface area contributed by atoms with Gasteiger partial charge in [-0.3, -0.25) is 4.79 Å². The molecule has 0 radical (unpaired) electrons. The van der Waals surface area contributed by atoms with Gasteiger partial charge in [-0.15, -0.1) is 0 Å². The lowest BCUT2D eigenvalue weighted by molar-refractivity contribution is -0.131. The number of amides is 1. The molecule has 0 saturated heterocycles. The molecule has 0 spiro atoms. The molecule has 0 aromatic heterocycles. The predicted octanol–water partition coefficient (Wildman–Crippen LogP) is 2.08. The van der Waals surface area contributed by atoms with E-state index in [0.717, 1.165) is 12.5 Å². The number of carboxylic acid groups (broad SMARTS) is 1. The number of hydrogen-bond donors (Lipinski definition) is 2. The van der Waals surface area contributed by atoms with Gasteiger partial charge in [0.15, 0.2) is 0 Å². The standard InChI is InChI=1S/C12H19NO3/c1-4-5-6-9(2)7-11(8-12(15)16)13-10(3)14/h5-6,8-9H,4,7H2,1-3H3,(H,13,14)(H,15,16)/b6-5+,11-8-/t9-/m1/s1. The first kappa shape index (κ1) is 14.4. The molecular formula is C12H19NO3. The van der Waals surface area contributed by atoms with Crippen LogP contribution in [0.5, 0.6) is 0 Å². The zero-order chi connectivity index (χ0) is 12.6. The molecule has 0 rings (SSSR count). The minimum absolute atomic E-state index is 0.206. The average molecular weight is 225 g/mol. The molecule has 0 aliphatic heterocycles. The van der Waals surface area contributed by atoms with Gasteiger partial charge in [0, 0.05) is 18.7 Å². The molecule has 0 heterocycles. The van der Waals surface area contributed by atoms with E-state index >= 15 is 0 Å². The van der Waals surface area contributed by atoms with Crippen molar-refractivity contribution in [2.75, 3.05) is 0 Å². The number of carboxylic acids is 1. The summed E-state index contributed by atoms with van der Waals surface area (Å²) in [4.78, 5) is 21.4. The quantitative estimate of drug-likeness (QED) is 0.537. The first-order valence-electron chi connectivity index (χ1n) is 5.33. The molecular weight excluding hydrogens is 206 g/mol. The molecule has 90 valence electrons. The summed E-state index contributed by atoms with van der Waals surface area (Å²) in [5, 5.41) is 11.2. The molecule has 0 bridgehead atoms. The molecule has 0 aromatic carbocycles. The van der Waals surface area contributed by atoms with E-state index in [9.17, 15) is 9.59 Å². The Morgan fingerprint density at radius 2 is 2.06 bits per heavy atom. The third-order valence-corrected chi connectivity index (χ3v) is 1.88. The van der Waals surface area contributed by atoms with E-state index in [1.165, 1.54) is 6.92 Å². The number of rotatable bonds is 6. The highest BCUT2D eigenvalue weighted by molar-refractivity contribution is 5.83. The maximum absolute atomic E-state index is 10.9. The Hall–Kier alpha value is -1.58. The van der Waals surface area contributed by atoms with Gasteiger partial charge < -0.3 is 10.4 Å². The molecule has 0 aliphatic carbocycles. The Labute approximate surface area is 96.0 Å². The zero-order valence-electron chi connectivity index (χ0n) is 9.99. The van der Waals surface area contributed by atoms with E-state index in [-0.39, 0.29) is 11.8 Å². The molecule has 4 heteroatoms. The Balaban J connectivity index is 4.48. The van der Waals surface area contributed by atoms with Gasteiger partial charge in [0.25, 0.3) is 0 Å². The normalized spacial score (nSPS) is 13.8. The lowest BCUT2D eigenvalue weighted by atomic mass is 10.0. The van der Waals surface area contributed by atoms with Crippen LogP contribution in [0.25, 0.3) is 0 Å². The van der Waals surface area contributed by atoms with Crippen molar-refractivity contribution in [1.29, 1.82) is 0 Å². The predicted molar refractivity (Wildman–Crippen MR) is 62.7 cm³/mol. The van der Waals surface area contributed by atoms with Crippen LogP contribution in [0.3, 0.4) is 0 Å². The van der Waals surface area contributed by atoms with Gasteiger partial charge >= 0.3 is 5.97 Å². The maximum atomic E-state index is 10.9. The summed E-state index contributed by atoms with van der Waals surface area (Å²) in [5.41, 5.74) is 0.438. The minimum Gasteiger partial charge on any atom is -0.478 e. The van der Waals surface area contributed by atoms with Gasteiger partial charge in [0.2, 0.25) is 5.91 Å². The fraction of sp³-hybridized carbons (Fsp3) is 0.500. The highest BCUT2D eigenvalue weighted by Crippen LogP contribution is 2.11. The van der Waals surface area contributed by atoms with Crippen molar-refractivity contribution in [3.8, 4) is 0 Å². The Bertz CT molecular complexity index is 305. The molecule has 2 N–H and O–H groups in total. The third kappa shape index (κ3) is 7.79. The maximum Gasteiger partial charge on any atom is 0.330 e. The summed E-state index contributed by atoms with van der Waals surface area (Å²) < 4.78 is 0. The smallest absolute Gasteiger partial charge is 0.330 e. The SMILES string of the molecule is CC/C=C/[C@@H](C)C/C(=C/C(=O)O)NC(C)=O. The van der Waals surface area contributed by atoms with Crippen LogP contribution in [0.2, 0.25) is 0 Å². The molecule has 0 aromatic rings. The van der Waals surface area contributed by atoms with E-state index < -0.39 is 5.97 Å². The monoisotopic (exact) mass is 225 g/mol.